The Morgan fingerprint density at radius 2 is 1.88 bits per heavy atom. The van der Waals surface area contributed by atoms with Gasteiger partial charge in [-0.1, -0.05) is 25.5 Å². The van der Waals surface area contributed by atoms with Crippen LogP contribution in [0, 0.1) is 28.6 Å². The predicted octanol–water partition coefficient (Wildman–Crippen LogP) is 2.05. The Morgan fingerprint density at radius 1 is 1.12 bits per heavy atom. The van der Waals surface area contributed by atoms with E-state index >= 15 is 0 Å². The molecule has 1 saturated heterocycles. The topological polar surface area (TPSA) is 148 Å². The number of rotatable bonds is 7. The van der Waals surface area contributed by atoms with Gasteiger partial charge in [0, 0.05) is 29.7 Å². The minimum Gasteiger partial charge on any atom is -0.467 e. The first-order valence-corrected chi connectivity index (χ1v) is 14.8. The smallest absolute Gasteiger partial charge is 0.328 e. The molecule has 0 aromatic carbocycles. The van der Waals surface area contributed by atoms with E-state index in [2.05, 4.69) is 6.92 Å². The van der Waals surface area contributed by atoms with Crippen molar-refractivity contribution in [3.8, 4) is 0 Å². The van der Waals surface area contributed by atoms with Crippen molar-refractivity contribution in [3.63, 3.8) is 0 Å². The molecule has 1 heterocycles. The SMILES string of the molecule is COC(=O)[C@H]1CCCN1C(=O)CCC(=O)OCC(=O)[C@]1(O)CC[C@H]2[C@@H]3CCC4=CC(=O)C=C[C@]4(C)[C@H]3[C@H](O)C[C@@]21C. The number of allylic oxidation sites excluding steroid dienone is 4. The predicted molar refractivity (Wildman–Crippen MR) is 145 cm³/mol. The van der Waals surface area contributed by atoms with E-state index in [-0.39, 0.29) is 55.1 Å². The molecule has 3 saturated carbocycles. The van der Waals surface area contributed by atoms with Crippen molar-refractivity contribution in [2.24, 2.45) is 28.6 Å². The van der Waals surface area contributed by atoms with Gasteiger partial charge < -0.3 is 24.6 Å². The number of fused-ring (bicyclic) bond motifs is 5. The van der Waals surface area contributed by atoms with Gasteiger partial charge in [-0.05, 0) is 68.9 Å². The van der Waals surface area contributed by atoms with Crippen molar-refractivity contribution < 1.29 is 43.7 Å². The summed E-state index contributed by atoms with van der Waals surface area (Å²) >= 11 is 0. The van der Waals surface area contributed by atoms with E-state index in [0.717, 1.165) is 18.4 Å². The van der Waals surface area contributed by atoms with Gasteiger partial charge in [-0.3, -0.25) is 19.2 Å². The third-order valence-corrected chi connectivity index (χ3v) is 11.1. The summed E-state index contributed by atoms with van der Waals surface area (Å²) in [6, 6.07) is -0.646. The van der Waals surface area contributed by atoms with Gasteiger partial charge in [0.1, 0.15) is 11.6 Å². The van der Waals surface area contributed by atoms with Gasteiger partial charge in [0.15, 0.2) is 12.4 Å². The van der Waals surface area contributed by atoms with Crippen molar-refractivity contribution >= 4 is 29.4 Å². The molecule has 4 fully saturated rings. The van der Waals surface area contributed by atoms with Crippen LogP contribution in [0.25, 0.3) is 0 Å². The number of ether oxygens (including phenoxy) is 2. The van der Waals surface area contributed by atoms with Gasteiger partial charge >= 0.3 is 11.9 Å². The van der Waals surface area contributed by atoms with Gasteiger partial charge in [0.2, 0.25) is 11.7 Å². The number of nitrogens with zero attached hydrogens (tertiary/aromatic N) is 1. The molecule has 2 N–H and O–H groups in total. The van der Waals surface area contributed by atoms with Gasteiger partial charge in [-0.15, -0.1) is 0 Å². The zero-order chi connectivity index (χ0) is 29.7. The molecule has 8 atom stereocenters. The highest BCUT2D eigenvalue weighted by molar-refractivity contribution is 6.01. The lowest BCUT2D eigenvalue weighted by molar-refractivity contribution is -0.181. The molecule has 4 aliphatic carbocycles. The van der Waals surface area contributed by atoms with Gasteiger partial charge in [0.25, 0.3) is 0 Å². The van der Waals surface area contributed by atoms with Crippen LogP contribution in [-0.4, -0.2) is 82.5 Å². The standard InChI is InChI=1S/C31H41NO9/c1-29-12-10-19(33)15-18(29)6-7-20-21-11-13-31(39,30(21,2)16-23(34)27(20)29)24(35)17-41-26(37)9-8-25(36)32-14-4-5-22(32)28(38)40-3/h10,12,15,20-23,27,34,39H,4-9,11,13-14,16-17H2,1-3H3/t20-,21-,22+,23+,27+,29-,30-,31+/m0/s1. The molecule has 0 aromatic heterocycles. The Morgan fingerprint density at radius 3 is 2.61 bits per heavy atom. The number of carbonyl (C=O) groups excluding carboxylic acids is 5. The molecular formula is C31H41NO9. The summed E-state index contributed by atoms with van der Waals surface area (Å²) in [6.45, 7) is 3.74. The zero-order valence-corrected chi connectivity index (χ0v) is 24.1. The maximum atomic E-state index is 13.4. The molecule has 5 aliphatic rings. The summed E-state index contributed by atoms with van der Waals surface area (Å²) in [6.07, 6.45) is 7.75. The fraction of sp³-hybridized carbons (Fsp3) is 0.710. The highest BCUT2D eigenvalue weighted by Crippen LogP contribution is 2.67. The largest absolute Gasteiger partial charge is 0.467 e. The second kappa shape index (κ2) is 10.8. The van der Waals surface area contributed by atoms with Crippen molar-refractivity contribution in [2.45, 2.75) is 89.4 Å². The number of aliphatic hydroxyl groups is 2. The van der Waals surface area contributed by atoms with Gasteiger partial charge in [-0.25, -0.2) is 4.79 Å². The fourth-order valence-electron chi connectivity index (χ4n) is 8.93. The molecule has 0 spiro atoms. The van der Waals surface area contributed by atoms with Crippen molar-refractivity contribution in [3.05, 3.63) is 23.8 Å². The normalized spacial score (nSPS) is 39.3. The number of ketones is 2. The Bertz CT molecular complexity index is 1210. The van der Waals surface area contributed by atoms with Crippen LogP contribution in [0.5, 0.6) is 0 Å². The summed E-state index contributed by atoms with van der Waals surface area (Å²) in [5.41, 5.74) is -2.05. The van der Waals surface area contributed by atoms with Crippen LogP contribution in [0.1, 0.15) is 71.6 Å². The molecule has 224 valence electrons. The maximum Gasteiger partial charge on any atom is 0.328 e. The molecule has 0 bridgehead atoms. The van der Waals surface area contributed by atoms with Crippen LogP contribution < -0.4 is 0 Å². The number of hydrogen-bond donors (Lipinski definition) is 2. The summed E-state index contributed by atoms with van der Waals surface area (Å²) in [5, 5.41) is 23.3. The fourth-order valence-corrected chi connectivity index (χ4v) is 8.93. The molecular weight excluding hydrogens is 530 g/mol. The Labute approximate surface area is 240 Å². The first-order chi connectivity index (χ1) is 19.4. The highest BCUT2D eigenvalue weighted by atomic mass is 16.5. The molecule has 0 unspecified atom stereocenters. The lowest BCUT2D eigenvalue weighted by atomic mass is 9.46. The number of methoxy groups -OCH3 is 1. The summed E-state index contributed by atoms with van der Waals surface area (Å²) in [7, 11) is 1.27. The zero-order valence-electron chi connectivity index (χ0n) is 24.1. The molecule has 10 nitrogen and oxygen atoms in total. The van der Waals surface area contributed by atoms with Crippen LogP contribution in [0.3, 0.4) is 0 Å². The molecule has 41 heavy (non-hydrogen) atoms. The Kier molecular flexibility index (Phi) is 7.78. The molecule has 1 aliphatic heterocycles. The number of hydrogen-bond acceptors (Lipinski definition) is 9. The van der Waals surface area contributed by atoms with Crippen molar-refractivity contribution in [1.82, 2.24) is 4.90 Å². The van der Waals surface area contributed by atoms with Crippen LogP contribution in [0.4, 0.5) is 0 Å². The minimum atomic E-state index is -1.75. The van der Waals surface area contributed by atoms with Gasteiger partial charge in [-0.2, -0.15) is 0 Å². The number of esters is 2. The van der Waals surface area contributed by atoms with Crippen LogP contribution in [0.2, 0.25) is 0 Å². The minimum absolute atomic E-state index is 0.00852. The third-order valence-electron chi connectivity index (χ3n) is 11.1. The number of Topliss-reactive ketones (excluding diaryl/α,β-unsaturated/α-hetero) is 1. The van der Waals surface area contributed by atoms with Crippen LogP contribution in [-0.2, 0) is 33.4 Å². The van der Waals surface area contributed by atoms with E-state index < -0.39 is 52.9 Å². The quantitative estimate of drug-likeness (QED) is 0.438. The van der Waals surface area contributed by atoms with Crippen molar-refractivity contribution in [2.75, 3.05) is 20.3 Å². The summed E-state index contributed by atoms with van der Waals surface area (Å²) in [4.78, 5) is 63.8. The molecule has 0 aromatic rings. The summed E-state index contributed by atoms with van der Waals surface area (Å²) in [5.74, 6) is -2.25. The average molecular weight is 572 g/mol. The Balaban J connectivity index is 1.20. The van der Waals surface area contributed by atoms with E-state index in [1.807, 2.05) is 13.0 Å². The summed E-state index contributed by atoms with van der Waals surface area (Å²) < 4.78 is 9.98. The molecule has 5 rings (SSSR count). The van der Waals surface area contributed by atoms with E-state index in [9.17, 15) is 34.2 Å². The second-order valence-corrected chi connectivity index (χ2v) is 13.0. The lowest BCUT2D eigenvalue weighted by Crippen LogP contribution is -2.61. The molecule has 0 radical (unpaired) electrons. The van der Waals surface area contributed by atoms with E-state index in [0.29, 0.717) is 25.8 Å². The number of carbonyl (C=O) groups is 5. The first-order valence-electron chi connectivity index (χ1n) is 14.8. The lowest BCUT2D eigenvalue weighted by Gasteiger charge is -2.59. The van der Waals surface area contributed by atoms with Crippen molar-refractivity contribution in [1.29, 1.82) is 0 Å². The number of amides is 1. The maximum absolute atomic E-state index is 13.4. The van der Waals surface area contributed by atoms with E-state index in [4.69, 9.17) is 9.47 Å². The Hall–Kier alpha value is -2.85. The second-order valence-electron chi connectivity index (χ2n) is 13.0. The van der Waals surface area contributed by atoms with Crippen LogP contribution in [0.15, 0.2) is 23.8 Å². The van der Waals surface area contributed by atoms with Gasteiger partial charge in [0.05, 0.1) is 19.6 Å². The highest BCUT2D eigenvalue weighted by Gasteiger charge is 2.68. The molecule has 1 amide bonds. The first kappa shape index (κ1) is 29.6. The average Bonchev–Trinajstić information content (AvgIpc) is 3.53. The number of likely N-dealkylation sites (tertiary alicyclic amines) is 1. The molecule has 10 heteroatoms. The van der Waals surface area contributed by atoms with E-state index in [1.165, 1.54) is 12.0 Å². The monoisotopic (exact) mass is 571 g/mol. The number of aliphatic hydroxyl groups excluding tert-OH is 1. The van der Waals surface area contributed by atoms with E-state index in [1.54, 1.807) is 12.2 Å². The third kappa shape index (κ3) is 4.76. The van der Waals surface area contributed by atoms with Crippen LogP contribution >= 0.6 is 0 Å².